The lowest BCUT2D eigenvalue weighted by atomic mass is 10.0. The maximum Gasteiger partial charge on any atom is 0.126 e. The minimum absolute atomic E-state index is 0.528. The molecule has 1 aromatic rings. The monoisotopic (exact) mass is 281 g/mol. The summed E-state index contributed by atoms with van der Waals surface area (Å²) in [7, 11) is 3.33. The van der Waals surface area contributed by atoms with E-state index in [2.05, 4.69) is 18.7 Å². The summed E-state index contributed by atoms with van der Waals surface area (Å²) in [6, 6.07) is 5.87. The van der Waals surface area contributed by atoms with E-state index in [0.29, 0.717) is 12.5 Å². The molecule has 114 valence electrons. The number of anilines is 1. The molecule has 0 aliphatic heterocycles. The predicted octanol–water partition coefficient (Wildman–Crippen LogP) is 2.86. The van der Waals surface area contributed by atoms with E-state index in [1.54, 1.807) is 21.1 Å². The van der Waals surface area contributed by atoms with E-state index < -0.39 is 6.10 Å². The van der Waals surface area contributed by atoms with Gasteiger partial charge in [0.25, 0.3) is 0 Å². The van der Waals surface area contributed by atoms with E-state index >= 15 is 0 Å². The molecule has 0 unspecified atom stereocenters. The first-order valence-corrected chi connectivity index (χ1v) is 7.10. The lowest BCUT2D eigenvalue weighted by Crippen LogP contribution is -2.32. The Balaban J connectivity index is 3.16. The first-order chi connectivity index (χ1) is 9.51. The maximum absolute atomic E-state index is 10.1. The Hall–Kier alpha value is -1.26. The summed E-state index contributed by atoms with van der Waals surface area (Å²) in [4.78, 5) is 2.25. The number of methoxy groups -OCH3 is 2. The molecule has 0 saturated carbocycles. The number of nitrogens with zero attached hydrogens (tertiary/aromatic N) is 1. The van der Waals surface area contributed by atoms with Gasteiger partial charge >= 0.3 is 0 Å². The third-order valence-electron chi connectivity index (χ3n) is 3.17. The van der Waals surface area contributed by atoms with E-state index in [0.717, 1.165) is 30.1 Å². The average Bonchev–Trinajstić information content (AvgIpc) is 2.41. The molecule has 1 aromatic carbocycles. The van der Waals surface area contributed by atoms with Crippen LogP contribution in [0, 0.1) is 5.92 Å². The van der Waals surface area contributed by atoms with Crippen molar-refractivity contribution in [2.24, 2.45) is 5.92 Å². The third-order valence-corrected chi connectivity index (χ3v) is 3.17. The van der Waals surface area contributed by atoms with Gasteiger partial charge in [0.2, 0.25) is 0 Å². The Bertz CT molecular complexity index is 405. The second-order valence-corrected chi connectivity index (χ2v) is 5.40. The van der Waals surface area contributed by atoms with Gasteiger partial charge in [0.05, 0.1) is 19.8 Å². The van der Waals surface area contributed by atoms with E-state index in [-0.39, 0.29) is 0 Å². The molecule has 0 aliphatic carbocycles. The van der Waals surface area contributed by atoms with Crippen LogP contribution in [0.25, 0.3) is 0 Å². The van der Waals surface area contributed by atoms with Gasteiger partial charge in [-0.2, -0.15) is 0 Å². The highest BCUT2D eigenvalue weighted by Gasteiger charge is 2.19. The van der Waals surface area contributed by atoms with Crippen LogP contribution in [0.15, 0.2) is 18.2 Å². The molecule has 1 N–H and O–H groups in total. The molecule has 0 heterocycles. The lowest BCUT2D eigenvalue weighted by Gasteiger charge is -2.30. The fraction of sp³-hybridized carbons (Fsp3) is 0.625. The predicted molar refractivity (Wildman–Crippen MR) is 82.6 cm³/mol. The summed E-state index contributed by atoms with van der Waals surface area (Å²) in [6.45, 7) is 8.50. The maximum atomic E-state index is 10.1. The van der Waals surface area contributed by atoms with Gasteiger partial charge in [-0.1, -0.05) is 19.9 Å². The molecular weight excluding hydrogens is 254 g/mol. The molecule has 0 fully saturated rings. The zero-order chi connectivity index (χ0) is 15.1. The van der Waals surface area contributed by atoms with Crippen molar-refractivity contribution in [2.75, 3.05) is 38.8 Å². The second kappa shape index (κ2) is 8.12. The van der Waals surface area contributed by atoms with Crippen molar-refractivity contribution >= 4 is 5.69 Å². The van der Waals surface area contributed by atoms with E-state index in [9.17, 15) is 5.11 Å². The van der Waals surface area contributed by atoms with Crippen molar-refractivity contribution in [3.05, 3.63) is 23.8 Å². The van der Waals surface area contributed by atoms with Gasteiger partial charge in [0, 0.05) is 31.5 Å². The summed E-state index contributed by atoms with van der Waals surface area (Å²) in [5.74, 6) is 1.25. The van der Waals surface area contributed by atoms with Crippen LogP contribution < -0.4 is 9.64 Å². The van der Waals surface area contributed by atoms with Crippen molar-refractivity contribution in [3.63, 3.8) is 0 Å². The van der Waals surface area contributed by atoms with Crippen molar-refractivity contribution < 1.29 is 14.6 Å². The quantitative estimate of drug-likeness (QED) is 0.795. The number of benzene rings is 1. The summed E-state index contributed by atoms with van der Waals surface area (Å²) >= 11 is 0. The summed E-state index contributed by atoms with van der Waals surface area (Å²) in [5, 5.41) is 10.1. The number of aliphatic hydroxyl groups is 1. The van der Waals surface area contributed by atoms with Gasteiger partial charge < -0.3 is 19.5 Å². The fourth-order valence-electron chi connectivity index (χ4n) is 2.36. The molecule has 20 heavy (non-hydrogen) atoms. The minimum atomic E-state index is -0.571. The highest BCUT2D eigenvalue weighted by molar-refractivity contribution is 5.60. The van der Waals surface area contributed by atoms with Gasteiger partial charge in [0.15, 0.2) is 0 Å². The van der Waals surface area contributed by atoms with Crippen LogP contribution in [-0.2, 0) is 4.74 Å². The van der Waals surface area contributed by atoms with Gasteiger partial charge in [0.1, 0.15) is 5.75 Å². The van der Waals surface area contributed by atoms with Gasteiger partial charge in [-0.05, 0) is 25.0 Å². The van der Waals surface area contributed by atoms with Crippen molar-refractivity contribution in [2.45, 2.75) is 26.9 Å². The van der Waals surface area contributed by atoms with Crippen LogP contribution in [0.2, 0.25) is 0 Å². The largest absolute Gasteiger partial charge is 0.496 e. The highest BCUT2D eigenvalue weighted by atomic mass is 16.5. The molecule has 0 bridgehead atoms. The van der Waals surface area contributed by atoms with E-state index in [1.807, 2.05) is 18.2 Å². The van der Waals surface area contributed by atoms with Crippen molar-refractivity contribution in [1.82, 2.24) is 0 Å². The summed E-state index contributed by atoms with van der Waals surface area (Å²) < 4.78 is 10.6. The molecule has 0 radical (unpaired) electrons. The number of hydrogen-bond donors (Lipinski definition) is 1. The molecule has 1 rings (SSSR count). The zero-order valence-electron chi connectivity index (χ0n) is 13.2. The van der Waals surface area contributed by atoms with Crippen LogP contribution >= 0.6 is 0 Å². The first kappa shape index (κ1) is 16.8. The molecule has 4 heteroatoms. The number of ether oxygens (including phenoxy) is 2. The topological polar surface area (TPSA) is 41.9 Å². The van der Waals surface area contributed by atoms with Crippen LogP contribution in [0.1, 0.15) is 32.4 Å². The van der Waals surface area contributed by atoms with E-state index in [4.69, 9.17) is 9.47 Å². The Morgan fingerprint density at radius 3 is 2.40 bits per heavy atom. The Labute approximate surface area is 122 Å². The molecule has 0 amide bonds. The smallest absolute Gasteiger partial charge is 0.126 e. The fourth-order valence-corrected chi connectivity index (χ4v) is 2.36. The molecule has 0 spiro atoms. The van der Waals surface area contributed by atoms with E-state index in [1.165, 1.54) is 0 Å². The average molecular weight is 281 g/mol. The van der Waals surface area contributed by atoms with Crippen molar-refractivity contribution in [1.29, 1.82) is 0 Å². The van der Waals surface area contributed by atoms with Gasteiger partial charge in [-0.25, -0.2) is 0 Å². The standard InChI is InChI=1S/C16H27NO3/c1-12(2)11-17(9-10-19-4)14-7-6-8-15(20-5)16(14)13(3)18/h6-8,12-13,18H,9-11H2,1-5H3/t13-/m1/s1. The Morgan fingerprint density at radius 1 is 1.20 bits per heavy atom. The molecule has 0 saturated heterocycles. The molecule has 0 aromatic heterocycles. The van der Waals surface area contributed by atoms with Gasteiger partial charge in [-0.3, -0.25) is 0 Å². The highest BCUT2D eigenvalue weighted by Crippen LogP contribution is 2.34. The van der Waals surface area contributed by atoms with Crippen molar-refractivity contribution in [3.8, 4) is 5.75 Å². The SMILES string of the molecule is COCCN(CC(C)C)c1cccc(OC)c1[C@@H](C)O. The molecular formula is C16H27NO3. The third kappa shape index (κ3) is 4.39. The minimum Gasteiger partial charge on any atom is -0.496 e. The van der Waals surface area contributed by atoms with Crippen LogP contribution in [0.3, 0.4) is 0 Å². The summed E-state index contributed by atoms with van der Waals surface area (Å²) in [6.07, 6.45) is -0.571. The zero-order valence-corrected chi connectivity index (χ0v) is 13.2. The number of aliphatic hydroxyl groups excluding tert-OH is 1. The Kier molecular flexibility index (Phi) is 6.82. The second-order valence-electron chi connectivity index (χ2n) is 5.40. The Morgan fingerprint density at radius 2 is 1.90 bits per heavy atom. The van der Waals surface area contributed by atoms with Gasteiger partial charge in [-0.15, -0.1) is 0 Å². The summed E-state index contributed by atoms with van der Waals surface area (Å²) in [5.41, 5.74) is 1.86. The molecule has 4 nitrogen and oxygen atoms in total. The van der Waals surface area contributed by atoms with Crippen LogP contribution in [-0.4, -0.2) is 39.0 Å². The normalized spacial score (nSPS) is 12.6. The lowest BCUT2D eigenvalue weighted by molar-refractivity contribution is 0.192. The number of hydrogen-bond acceptors (Lipinski definition) is 4. The molecule has 0 aliphatic rings. The van der Waals surface area contributed by atoms with Crippen LogP contribution in [0.5, 0.6) is 5.75 Å². The first-order valence-electron chi connectivity index (χ1n) is 7.10. The van der Waals surface area contributed by atoms with Crippen LogP contribution in [0.4, 0.5) is 5.69 Å². The molecule has 1 atom stereocenters. The number of rotatable bonds is 8.